The number of benzene rings is 3. The van der Waals surface area contributed by atoms with Gasteiger partial charge in [-0.2, -0.15) is 0 Å². The Labute approximate surface area is 205 Å². The van der Waals surface area contributed by atoms with E-state index in [2.05, 4.69) is 42.6 Å². The third-order valence-electron chi connectivity index (χ3n) is 7.37. The number of rotatable bonds is 5. The lowest BCUT2D eigenvalue weighted by atomic mass is 9.79. The van der Waals surface area contributed by atoms with Crippen LogP contribution in [0.2, 0.25) is 0 Å². The number of hydrogen-bond donors (Lipinski definition) is 2. The summed E-state index contributed by atoms with van der Waals surface area (Å²) < 4.78 is 5.39. The first kappa shape index (κ1) is 22.8. The van der Waals surface area contributed by atoms with Gasteiger partial charge in [0.1, 0.15) is 5.75 Å². The van der Waals surface area contributed by atoms with Crippen molar-refractivity contribution in [1.29, 1.82) is 0 Å². The van der Waals surface area contributed by atoms with Gasteiger partial charge in [0.2, 0.25) is 0 Å². The normalized spacial score (nSPS) is 16.0. The molecule has 5 rings (SSSR count). The molecule has 0 unspecified atom stereocenters. The number of fused-ring (bicyclic) bond motifs is 2. The minimum Gasteiger partial charge on any atom is -0.497 e. The molecule has 3 aromatic rings. The maximum atomic E-state index is 13.3. The van der Waals surface area contributed by atoms with Crippen molar-refractivity contribution in [3.05, 3.63) is 77.4 Å². The zero-order valence-electron chi connectivity index (χ0n) is 19.8. The Morgan fingerprint density at radius 1 is 1.09 bits per heavy atom. The van der Waals surface area contributed by atoms with E-state index < -0.39 is 0 Å². The van der Waals surface area contributed by atoms with Gasteiger partial charge in [0.25, 0.3) is 0 Å². The van der Waals surface area contributed by atoms with E-state index in [4.69, 9.17) is 9.88 Å². The van der Waals surface area contributed by atoms with Gasteiger partial charge in [0.05, 0.1) is 7.11 Å². The molecule has 0 atom stereocenters. The van der Waals surface area contributed by atoms with Crippen LogP contribution in [0.5, 0.6) is 5.75 Å². The molecule has 1 aliphatic heterocycles. The molecule has 176 valence electrons. The summed E-state index contributed by atoms with van der Waals surface area (Å²) in [5, 5.41) is 8.74. The number of nitrogens with one attached hydrogen (secondary N) is 1. The fourth-order valence-corrected chi connectivity index (χ4v) is 5.84. The summed E-state index contributed by atoms with van der Waals surface area (Å²) in [6.45, 7) is 3.37. The van der Waals surface area contributed by atoms with Crippen molar-refractivity contribution in [3.63, 3.8) is 0 Å². The predicted octanol–water partition coefficient (Wildman–Crippen LogP) is 6.18. The van der Waals surface area contributed by atoms with E-state index in [1.807, 2.05) is 35.2 Å². The molecule has 34 heavy (non-hydrogen) atoms. The number of urea groups is 1. The average molecular weight is 474 g/mol. The lowest BCUT2D eigenvalue weighted by Crippen LogP contribution is -2.41. The van der Waals surface area contributed by atoms with Crippen LogP contribution < -0.4 is 20.1 Å². The van der Waals surface area contributed by atoms with Gasteiger partial charge < -0.3 is 10.1 Å². The van der Waals surface area contributed by atoms with Crippen LogP contribution in [-0.2, 0) is 12.0 Å². The zero-order chi connectivity index (χ0) is 23.7. The number of anilines is 1. The van der Waals surface area contributed by atoms with Gasteiger partial charge in [-0.05, 0) is 95.9 Å². The molecule has 0 bridgehead atoms. The van der Waals surface area contributed by atoms with Crippen LogP contribution in [0.4, 0.5) is 10.5 Å². The van der Waals surface area contributed by atoms with Gasteiger partial charge in [-0.25, -0.2) is 4.79 Å². The van der Waals surface area contributed by atoms with Crippen LogP contribution in [-0.4, -0.2) is 19.7 Å². The highest BCUT2D eigenvalue weighted by molar-refractivity contribution is 7.97. The fraction of sp³-hybridized carbons (Fsp3) is 0.321. The highest BCUT2D eigenvalue weighted by atomic mass is 32.2. The smallest absolute Gasteiger partial charge is 0.322 e. The van der Waals surface area contributed by atoms with Crippen molar-refractivity contribution in [2.45, 2.75) is 49.5 Å². The maximum absolute atomic E-state index is 13.3. The summed E-state index contributed by atoms with van der Waals surface area (Å²) in [5.41, 5.74) is 7.08. The molecule has 0 aromatic heterocycles. The van der Waals surface area contributed by atoms with E-state index in [1.54, 1.807) is 7.11 Å². The first-order valence-electron chi connectivity index (χ1n) is 11.8. The Bertz CT molecular complexity index is 1200. The zero-order valence-corrected chi connectivity index (χ0v) is 20.6. The topological polar surface area (TPSA) is 67.6 Å². The van der Waals surface area contributed by atoms with Crippen LogP contribution in [0.1, 0.15) is 42.4 Å². The van der Waals surface area contributed by atoms with E-state index >= 15 is 0 Å². The molecule has 1 saturated carbocycles. The Hall–Kier alpha value is -2.96. The summed E-state index contributed by atoms with van der Waals surface area (Å²) >= 11 is 1.23. The van der Waals surface area contributed by atoms with Gasteiger partial charge >= 0.3 is 6.03 Å². The lowest BCUT2D eigenvalue weighted by molar-refractivity contribution is 0.245. The molecule has 1 heterocycles. The van der Waals surface area contributed by atoms with Gasteiger partial charge in [-0.3, -0.25) is 10.0 Å². The first-order valence-corrected chi connectivity index (χ1v) is 12.7. The predicted molar refractivity (Wildman–Crippen MR) is 139 cm³/mol. The standard InChI is InChI=1S/C28H31N3O2S/c1-19-15-22(33-2)8-11-24(19)21-7-12-26-25(16-21)28(13-3-4-14-28)18-31(26)27(32)30-17-20-5-9-23(34-29)10-6-20/h5-12,15-16H,3-4,13-14,17-18,29H2,1-2H3,(H,30,32). The number of carbonyl (C=O) groups is 1. The highest BCUT2D eigenvalue weighted by Gasteiger charge is 2.46. The van der Waals surface area contributed by atoms with Crippen LogP contribution >= 0.6 is 11.9 Å². The number of hydrogen-bond acceptors (Lipinski definition) is 4. The van der Waals surface area contributed by atoms with Crippen LogP contribution in [0.3, 0.4) is 0 Å². The molecule has 3 N–H and O–H groups in total. The summed E-state index contributed by atoms with van der Waals surface area (Å²) in [6.07, 6.45) is 4.69. The Balaban J connectivity index is 1.42. The number of nitrogens with two attached hydrogens (primary N) is 1. The Kier molecular flexibility index (Phi) is 6.28. The average Bonchev–Trinajstić information content (AvgIpc) is 3.48. The van der Waals surface area contributed by atoms with Crippen molar-refractivity contribution in [3.8, 4) is 16.9 Å². The van der Waals surface area contributed by atoms with Crippen molar-refractivity contribution in [1.82, 2.24) is 5.32 Å². The minimum atomic E-state index is -0.0318. The Morgan fingerprint density at radius 2 is 1.85 bits per heavy atom. The third kappa shape index (κ3) is 4.17. The largest absolute Gasteiger partial charge is 0.497 e. The number of carbonyl (C=O) groups excluding carboxylic acids is 1. The van der Waals surface area contributed by atoms with Crippen LogP contribution in [0.15, 0.2) is 65.6 Å². The number of nitrogens with zero attached hydrogens (tertiary/aromatic N) is 1. The molecular formula is C28H31N3O2S. The molecule has 0 radical (unpaired) electrons. The molecule has 2 aliphatic rings. The van der Waals surface area contributed by atoms with Gasteiger partial charge in [0, 0.05) is 29.1 Å². The van der Waals surface area contributed by atoms with Gasteiger partial charge in [-0.15, -0.1) is 0 Å². The summed E-state index contributed by atoms with van der Waals surface area (Å²) in [5.74, 6) is 0.869. The van der Waals surface area contributed by atoms with Crippen molar-refractivity contribution >= 4 is 23.7 Å². The van der Waals surface area contributed by atoms with Gasteiger partial charge in [-0.1, -0.05) is 37.1 Å². The molecule has 3 aromatic carbocycles. The number of aryl methyl sites for hydroxylation is 1. The molecule has 0 saturated heterocycles. The van der Waals surface area contributed by atoms with Crippen molar-refractivity contribution in [2.75, 3.05) is 18.6 Å². The SMILES string of the molecule is COc1ccc(-c2ccc3c(c2)C2(CCCC2)CN3C(=O)NCc2ccc(SN)cc2)c(C)c1. The molecule has 2 amide bonds. The van der Waals surface area contributed by atoms with Crippen molar-refractivity contribution < 1.29 is 9.53 Å². The molecule has 1 spiro atoms. The van der Waals surface area contributed by atoms with Gasteiger partial charge in [0.15, 0.2) is 0 Å². The highest BCUT2D eigenvalue weighted by Crippen LogP contribution is 2.51. The molecule has 6 heteroatoms. The Morgan fingerprint density at radius 3 is 2.53 bits per heavy atom. The van der Waals surface area contributed by atoms with E-state index in [1.165, 1.54) is 47.0 Å². The monoisotopic (exact) mass is 473 g/mol. The van der Waals surface area contributed by atoms with Crippen molar-refractivity contribution in [2.24, 2.45) is 5.14 Å². The second kappa shape index (κ2) is 9.35. The number of amides is 2. The molecular weight excluding hydrogens is 442 g/mol. The minimum absolute atomic E-state index is 0.0318. The second-order valence-electron chi connectivity index (χ2n) is 9.41. The summed E-state index contributed by atoms with van der Waals surface area (Å²) in [7, 11) is 1.70. The number of methoxy groups -OCH3 is 1. The number of ether oxygens (including phenoxy) is 1. The quantitative estimate of drug-likeness (QED) is 0.434. The third-order valence-corrected chi connectivity index (χ3v) is 7.92. The fourth-order valence-electron chi connectivity index (χ4n) is 5.54. The second-order valence-corrected chi connectivity index (χ2v) is 10.1. The van der Waals surface area contributed by atoms with E-state index in [0.29, 0.717) is 6.54 Å². The van der Waals surface area contributed by atoms with Crippen LogP contribution in [0, 0.1) is 6.92 Å². The summed E-state index contributed by atoms with van der Waals surface area (Å²) in [6, 6.07) is 20.8. The first-order chi connectivity index (χ1) is 16.5. The van der Waals surface area contributed by atoms with E-state index in [-0.39, 0.29) is 11.4 Å². The maximum Gasteiger partial charge on any atom is 0.322 e. The lowest BCUT2D eigenvalue weighted by Gasteiger charge is -2.25. The summed E-state index contributed by atoms with van der Waals surface area (Å²) in [4.78, 5) is 16.3. The van der Waals surface area contributed by atoms with Crippen LogP contribution in [0.25, 0.3) is 11.1 Å². The molecule has 1 fully saturated rings. The van der Waals surface area contributed by atoms with E-state index in [9.17, 15) is 4.79 Å². The van der Waals surface area contributed by atoms with E-state index in [0.717, 1.165) is 41.3 Å². The molecule has 5 nitrogen and oxygen atoms in total. The molecule has 1 aliphatic carbocycles.